The first-order valence-corrected chi connectivity index (χ1v) is 11.5. The third kappa shape index (κ3) is 4.87. The molecule has 2 aliphatic rings. The van der Waals surface area contributed by atoms with Crippen LogP contribution in [0.5, 0.6) is 11.5 Å². The van der Waals surface area contributed by atoms with E-state index in [1.54, 1.807) is 18.2 Å². The zero-order chi connectivity index (χ0) is 22.6. The second-order valence-electron chi connectivity index (χ2n) is 7.07. The van der Waals surface area contributed by atoms with Gasteiger partial charge in [0.05, 0.1) is 30.9 Å². The van der Waals surface area contributed by atoms with Crippen LogP contribution >= 0.6 is 0 Å². The minimum atomic E-state index is -3.94. The van der Waals surface area contributed by atoms with Gasteiger partial charge in [-0.2, -0.15) is 4.31 Å². The van der Waals surface area contributed by atoms with E-state index in [2.05, 4.69) is 10.6 Å². The molecule has 2 amide bonds. The number of ether oxygens (including phenoxy) is 3. The summed E-state index contributed by atoms with van der Waals surface area (Å²) in [6.07, 6.45) is 1.00. The van der Waals surface area contributed by atoms with Crippen LogP contribution in [0, 0.1) is 0 Å². The third-order valence-corrected chi connectivity index (χ3v) is 6.81. The summed E-state index contributed by atoms with van der Waals surface area (Å²) in [6.45, 7) is 1.15. The third-order valence-electron chi connectivity index (χ3n) is 4.92. The Morgan fingerprint density at radius 2 is 1.81 bits per heavy atom. The number of carbonyl (C=O) groups excluding carboxylic acids is 2. The van der Waals surface area contributed by atoms with E-state index in [4.69, 9.17) is 18.6 Å². The monoisotopic (exact) mass is 465 g/mol. The van der Waals surface area contributed by atoms with Gasteiger partial charge in [-0.1, -0.05) is 0 Å². The van der Waals surface area contributed by atoms with Crippen molar-refractivity contribution in [2.45, 2.75) is 24.1 Å². The predicted molar refractivity (Wildman–Crippen MR) is 109 cm³/mol. The first kappa shape index (κ1) is 22.1. The number of hydrogen-bond acceptors (Lipinski definition) is 8. The van der Waals surface area contributed by atoms with Crippen LogP contribution in [-0.4, -0.2) is 63.7 Å². The second-order valence-corrected chi connectivity index (χ2v) is 8.96. The van der Waals surface area contributed by atoms with Crippen molar-refractivity contribution < 1.29 is 36.6 Å². The van der Waals surface area contributed by atoms with E-state index in [-0.39, 0.29) is 24.5 Å². The lowest BCUT2D eigenvalue weighted by Crippen LogP contribution is -2.53. The van der Waals surface area contributed by atoms with E-state index in [1.807, 2.05) is 0 Å². The highest BCUT2D eigenvalue weighted by Crippen LogP contribution is 2.34. The summed E-state index contributed by atoms with van der Waals surface area (Å²) in [5, 5.41) is 4.85. The van der Waals surface area contributed by atoms with Gasteiger partial charge in [0.2, 0.25) is 10.0 Å². The molecule has 1 atom stereocenters. The molecule has 0 saturated carbocycles. The zero-order valence-corrected chi connectivity index (χ0v) is 17.9. The lowest BCUT2D eigenvalue weighted by atomic mass is 10.3. The van der Waals surface area contributed by atoms with Gasteiger partial charge in [0, 0.05) is 12.6 Å². The van der Waals surface area contributed by atoms with Gasteiger partial charge in [-0.25, -0.2) is 8.42 Å². The molecule has 172 valence electrons. The molecule has 2 aliphatic heterocycles. The number of rotatable bonds is 6. The Morgan fingerprint density at radius 3 is 2.59 bits per heavy atom. The smallest absolute Gasteiger partial charge is 0.309 e. The van der Waals surface area contributed by atoms with Crippen molar-refractivity contribution in [3.8, 4) is 11.5 Å². The molecule has 0 spiro atoms. The zero-order valence-electron chi connectivity index (χ0n) is 17.1. The number of benzene rings is 1. The number of nitrogens with zero attached hydrogens (tertiary/aromatic N) is 1. The lowest BCUT2D eigenvalue weighted by Gasteiger charge is -2.34. The number of carbonyl (C=O) groups is 2. The topological polar surface area (TPSA) is 136 Å². The first-order valence-electron chi connectivity index (χ1n) is 10.1. The molecule has 3 heterocycles. The maximum atomic E-state index is 13.2. The van der Waals surface area contributed by atoms with E-state index in [1.165, 1.54) is 22.7 Å². The molecule has 4 rings (SSSR count). The van der Waals surface area contributed by atoms with Gasteiger partial charge in [-0.3, -0.25) is 9.59 Å². The average molecular weight is 465 g/mol. The van der Waals surface area contributed by atoms with Gasteiger partial charge in [0.15, 0.2) is 11.5 Å². The number of nitrogens with one attached hydrogen (secondary N) is 2. The fourth-order valence-corrected chi connectivity index (χ4v) is 4.92. The van der Waals surface area contributed by atoms with Gasteiger partial charge in [-0.05, 0) is 30.7 Å². The molecular weight excluding hydrogens is 442 g/mol. The van der Waals surface area contributed by atoms with Crippen molar-refractivity contribution >= 4 is 21.8 Å². The van der Waals surface area contributed by atoms with E-state index in [0.717, 1.165) is 0 Å². The Morgan fingerprint density at radius 1 is 1.03 bits per heavy atom. The lowest BCUT2D eigenvalue weighted by molar-refractivity contribution is -0.140. The van der Waals surface area contributed by atoms with Gasteiger partial charge >= 0.3 is 11.8 Å². The van der Waals surface area contributed by atoms with Crippen LogP contribution in [0.2, 0.25) is 0 Å². The Labute approximate surface area is 184 Å². The molecule has 0 bridgehead atoms. The van der Waals surface area contributed by atoms with Crippen LogP contribution in [0.3, 0.4) is 0 Å². The molecule has 0 aliphatic carbocycles. The van der Waals surface area contributed by atoms with Crippen molar-refractivity contribution in [2.75, 3.05) is 32.9 Å². The fraction of sp³-hybridized carbons (Fsp3) is 0.400. The molecule has 1 aromatic heterocycles. The summed E-state index contributed by atoms with van der Waals surface area (Å²) < 4.78 is 49.3. The molecule has 12 heteroatoms. The first-order chi connectivity index (χ1) is 15.4. The van der Waals surface area contributed by atoms with Crippen molar-refractivity contribution in [3.05, 3.63) is 42.4 Å². The Hall–Kier alpha value is -3.09. The molecule has 32 heavy (non-hydrogen) atoms. The van der Waals surface area contributed by atoms with Gasteiger partial charge in [-0.15, -0.1) is 0 Å². The highest BCUT2D eigenvalue weighted by atomic mass is 32.2. The SMILES string of the molecule is O=C(NCc1ccco1)C(=O)NC[C@H]1OCCCN1S(=O)(=O)c1ccc2c(c1)OCCO2. The summed E-state index contributed by atoms with van der Waals surface area (Å²) in [4.78, 5) is 24.1. The summed E-state index contributed by atoms with van der Waals surface area (Å²) in [7, 11) is -3.94. The average Bonchev–Trinajstić information content (AvgIpc) is 3.34. The number of furan rings is 1. The van der Waals surface area contributed by atoms with Crippen LogP contribution in [-0.2, 0) is 30.9 Å². The normalized spacial score (nSPS) is 18.7. The molecule has 0 unspecified atom stereocenters. The predicted octanol–water partition coefficient (Wildman–Crippen LogP) is 0.221. The summed E-state index contributed by atoms with van der Waals surface area (Å²) in [6, 6.07) is 7.73. The quantitative estimate of drug-likeness (QED) is 0.578. The van der Waals surface area contributed by atoms with Gasteiger partial charge < -0.3 is 29.3 Å². The van der Waals surface area contributed by atoms with E-state index >= 15 is 0 Å². The maximum absolute atomic E-state index is 13.2. The van der Waals surface area contributed by atoms with E-state index in [0.29, 0.717) is 43.5 Å². The number of fused-ring (bicyclic) bond motifs is 1. The summed E-state index contributed by atoms with van der Waals surface area (Å²) in [5.74, 6) is -0.429. The van der Waals surface area contributed by atoms with Gasteiger partial charge in [0.1, 0.15) is 25.2 Å². The standard InChI is InChI=1S/C20H23N3O8S/c24-19(21-12-14-3-1-7-28-14)20(25)22-13-18-23(6-2-8-31-18)32(26,27)15-4-5-16-17(11-15)30-10-9-29-16/h1,3-5,7,11,18H,2,6,8-10,12-13H2,(H,21,24)(H,22,25)/t18-/m1/s1. The number of hydrogen-bond donors (Lipinski definition) is 2. The minimum absolute atomic E-state index is 0.0276. The van der Waals surface area contributed by atoms with Crippen LogP contribution in [0.4, 0.5) is 0 Å². The summed E-state index contributed by atoms with van der Waals surface area (Å²) in [5.41, 5.74) is 0. The van der Waals surface area contributed by atoms with Crippen molar-refractivity contribution in [1.82, 2.24) is 14.9 Å². The van der Waals surface area contributed by atoms with Crippen molar-refractivity contribution in [3.63, 3.8) is 0 Å². The molecule has 1 saturated heterocycles. The maximum Gasteiger partial charge on any atom is 0.309 e. The van der Waals surface area contributed by atoms with Crippen LogP contribution in [0.25, 0.3) is 0 Å². The van der Waals surface area contributed by atoms with Crippen LogP contribution in [0.1, 0.15) is 12.2 Å². The highest BCUT2D eigenvalue weighted by molar-refractivity contribution is 7.89. The molecule has 1 fully saturated rings. The molecule has 2 aromatic rings. The van der Waals surface area contributed by atoms with Crippen molar-refractivity contribution in [2.24, 2.45) is 0 Å². The second kappa shape index (κ2) is 9.59. The van der Waals surface area contributed by atoms with E-state index < -0.39 is 28.1 Å². The Balaban J connectivity index is 1.40. The van der Waals surface area contributed by atoms with E-state index in [9.17, 15) is 18.0 Å². The highest BCUT2D eigenvalue weighted by Gasteiger charge is 2.35. The molecule has 2 N–H and O–H groups in total. The molecular formula is C20H23N3O8S. The summed E-state index contributed by atoms with van der Waals surface area (Å²) >= 11 is 0. The van der Waals surface area contributed by atoms with Gasteiger partial charge in [0.25, 0.3) is 0 Å². The Bertz CT molecular complexity index is 1070. The largest absolute Gasteiger partial charge is 0.486 e. The molecule has 11 nitrogen and oxygen atoms in total. The fourth-order valence-electron chi connectivity index (χ4n) is 3.34. The molecule has 1 aromatic carbocycles. The number of sulfonamides is 1. The van der Waals surface area contributed by atoms with Crippen molar-refractivity contribution in [1.29, 1.82) is 0 Å². The number of amides is 2. The van der Waals surface area contributed by atoms with Crippen LogP contribution < -0.4 is 20.1 Å². The Kier molecular flexibility index (Phi) is 6.63. The van der Waals surface area contributed by atoms with Crippen LogP contribution in [0.15, 0.2) is 45.9 Å². The minimum Gasteiger partial charge on any atom is -0.486 e. The molecule has 0 radical (unpaired) electrons.